The monoisotopic (exact) mass is 290 g/mol. The summed E-state index contributed by atoms with van der Waals surface area (Å²) in [5.74, 6) is 1.01. The normalized spacial score (nSPS) is 10.1. The largest absolute Gasteiger partial charge is 0.496 e. The van der Waals surface area contributed by atoms with Gasteiger partial charge in [0.15, 0.2) is 5.78 Å². The van der Waals surface area contributed by atoms with Crippen molar-refractivity contribution in [3.05, 3.63) is 29.3 Å². The molecule has 0 aromatic heterocycles. The molecule has 0 saturated heterocycles. The second kappa shape index (κ2) is 6.13. The highest BCUT2D eigenvalue weighted by Crippen LogP contribution is 2.26. The van der Waals surface area contributed by atoms with Crippen LogP contribution in [0.3, 0.4) is 0 Å². The average Bonchev–Trinajstić information content (AvgIpc) is 2.28. The van der Waals surface area contributed by atoms with E-state index in [1.54, 1.807) is 13.2 Å². The molecule has 0 radical (unpaired) electrons. The Kier molecular flexibility index (Phi) is 5.12. The van der Waals surface area contributed by atoms with Crippen LogP contribution in [-0.4, -0.2) is 18.2 Å². The Morgan fingerprint density at radius 3 is 2.80 bits per heavy atom. The molecule has 0 unspecified atom stereocenters. The Labute approximate surface area is 103 Å². The molecule has 0 fully saturated rings. The quantitative estimate of drug-likeness (QED) is 0.614. The SMILES string of the molecule is COc1c(CCl)cccc1C(=O)CCBr. The minimum absolute atomic E-state index is 0.0655. The number of Topliss-reactive ketones (excluding diaryl/α,β-unsaturated/α-hetero) is 1. The third-order valence-electron chi connectivity index (χ3n) is 2.07. The molecule has 1 aromatic carbocycles. The zero-order valence-electron chi connectivity index (χ0n) is 8.43. The molecule has 0 heterocycles. The molecule has 4 heteroatoms. The number of benzene rings is 1. The van der Waals surface area contributed by atoms with Gasteiger partial charge in [0.2, 0.25) is 0 Å². The summed E-state index contributed by atoms with van der Waals surface area (Å²) >= 11 is 9.01. The van der Waals surface area contributed by atoms with Crippen molar-refractivity contribution in [2.75, 3.05) is 12.4 Å². The molecule has 0 aliphatic rings. The Morgan fingerprint density at radius 2 is 2.27 bits per heavy atom. The van der Waals surface area contributed by atoms with Crippen LogP contribution in [0.4, 0.5) is 0 Å². The Balaban J connectivity index is 3.11. The van der Waals surface area contributed by atoms with E-state index in [1.165, 1.54) is 0 Å². The lowest BCUT2D eigenvalue weighted by Crippen LogP contribution is -2.04. The van der Waals surface area contributed by atoms with Gasteiger partial charge in [-0.1, -0.05) is 28.1 Å². The van der Waals surface area contributed by atoms with Gasteiger partial charge in [-0.15, -0.1) is 11.6 Å². The van der Waals surface area contributed by atoms with Crippen LogP contribution >= 0.6 is 27.5 Å². The van der Waals surface area contributed by atoms with Gasteiger partial charge in [0, 0.05) is 17.3 Å². The van der Waals surface area contributed by atoms with Gasteiger partial charge < -0.3 is 4.74 Å². The number of rotatable bonds is 5. The van der Waals surface area contributed by atoms with E-state index < -0.39 is 0 Å². The highest BCUT2D eigenvalue weighted by molar-refractivity contribution is 9.09. The molecule has 15 heavy (non-hydrogen) atoms. The summed E-state index contributed by atoms with van der Waals surface area (Å²) < 4.78 is 5.21. The number of hydrogen-bond donors (Lipinski definition) is 0. The van der Waals surface area contributed by atoms with Gasteiger partial charge in [0.05, 0.1) is 18.6 Å². The maximum absolute atomic E-state index is 11.7. The lowest BCUT2D eigenvalue weighted by atomic mass is 10.0. The number of carbonyl (C=O) groups is 1. The Bertz CT molecular complexity index is 352. The molecule has 2 nitrogen and oxygen atoms in total. The zero-order valence-corrected chi connectivity index (χ0v) is 10.8. The van der Waals surface area contributed by atoms with E-state index in [1.807, 2.05) is 12.1 Å². The van der Waals surface area contributed by atoms with Crippen molar-refractivity contribution in [3.8, 4) is 5.75 Å². The topological polar surface area (TPSA) is 26.3 Å². The van der Waals surface area contributed by atoms with Crippen LogP contribution in [0, 0.1) is 0 Å². The predicted molar refractivity (Wildman–Crippen MR) is 65.3 cm³/mol. The molecule has 0 atom stereocenters. The lowest BCUT2D eigenvalue weighted by Gasteiger charge is -2.10. The van der Waals surface area contributed by atoms with E-state index in [0.717, 1.165) is 5.56 Å². The standard InChI is InChI=1S/C11H12BrClO2/c1-15-11-8(7-13)3-2-4-9(11)10(14)5-6-12/h2-4H,5-7H2,1H3. The number of alkyl halides is 2. The van der Waals surface area contributed by atoms with Crippen LogP contribution in [-0.2, 0) is 5.88 Å². The molecule has 0 spiro atoms. The van der Waals surface area contributed by atoms with E-state index >= 15 is 0 Å². The van der Waals surface area contributed by atoms with Gasteiger partial charge in [0.1, 0.15) is 5.75 Å². The maximum Gasteiger partial charge on any atom is 0.167 e. The molecular formula is C11H12BrClO2. The highest BCUT2D eigenvalue weighted by atomic mass is 79.9. The molecular weight excluding hydrogens is 279 g/mol. The number of methoxy groups -OCH3 is 1. The van der Waals surface area contributed by atoms with E-state index in [4.69, 9.17) is 16.3 Å². The van der Waals surface area contributed by atoms with Crippen molar-refractivity contribution >= 4 is 33.3 Å². The fraction of sp³-hybridized carbons (Fsp3) is 0.364. The number of halogens is 2. The molecule has 0 bridgehead atoms. The number of ketones is 1. The molecule has 0 aliphatic heterocycles. The third kappa shape index (κ3) is 2.95. The van der Waals surface area contributed by atoms with Crippen LogP contribution < -0.4 is 4.74 Å². The minimum Gasteiger partial charge on any atom is -0.496 e. The molecule has 1 aromatic rings. The fourth-order valence-corrected chi connectivity index (χ4v) is 1.94. The summed E-state index contributed by atoms with van der Waals surface area (Å²) in [6.07, 6.45) is 0.460. The Hall–Kier alpha value is -0.540. The highest BCUT2D eigenvalue weighted by Gasteiger charge is 2.14. The summed E-state index contributed by atoms with van der Waals surface area (Å²) in [4.78, 5) is 11.7. The van der Waals surface area contributed by atoms with Gasteiger partial charge in [-0.2, -0.15) is 0 Å². The smallest absolute Gasteiger partial charge is 0.167 e. The molecule has 0 N–H and O–H groups in total. The van der Waals surface area contributed by atoms with E-state index in [9.17, 15) is 4.79 Å². The first kappa shape index (κ1) is 12.5. The number of hydrogen-bond acceptors (Lipinski definition) is 2. The zero-order chi connectivity index (χ0) is 11.3. The van der Waals surface area contributed by atoms with E-state index in [-0.39, 0.29) is 5.78 Å². The van der Waals surface area contributed by atoms with Crippen molar-refractivity contribution in [2.45, 2.75) is 12.3 Å². The van der Waals surface area contributed by atoms with Gasteiger partial charge in [-0.05, 0) is 6.07 Å². The Morgan fingerprint density at radius 1 is 1.53 bits per heavy atom. The second-order valence-corrected chi connectivity index (χ2v) is 4.05. The van der Waals surface area contributed by atoms with Crippen LogP contribution in [0.2, 0.25) is 0 Å². The van der Waals surface area contributed by atoms with Crippen LogP contribution in [0.25, 0.3) is 0 Å². The van der Waals surface area contributed by atoms with E-state index in [0.29, 0.717) is 28.9 Å². The first-order valence-corrected chi connectivity index (χ1v) is 6.21. The first-order chi connectivity index (χ1) is 7.24. The fourth-order valence-electron chi connectivity index (χ4n) is 1.37. The number of ether oxygens (including phenoxy) is 1. The molecule has 1 rings (SSSR count). The van der Waals surface area contributed by atoms with Gasteiger partial charge in [0.25, 0.3) is 0 Å². The van der Waals surface area contributed by atoms with Crippen molar-refractivity contribution in [3.63, 3.8) is 0 Å². The second-order valence-electron chi connectivity index (χ2n) is 2.99. The maximum atomic E-state index is 11.7. The van der Waals surface area contributed by atoms with Crippen molar-refractivity contribution in [1.29, 1.82) is 0 Å². The first-order valence-electron chi connectivity index (χ1n) is 4.55. The average molecular weight is 292 g/mol. The van der Waals surface area contributed by atoms with Crippen molar-refractivity contribution < 1.29 is 9.53 Å². The minimum atomic E-state index is 0.0655. The molecule has 0 amide bonds. The van der Waals surface area contributed by atoms with Crippen LogP contribution in [0.1, 0.15) is 22.3 Å². The summed E-state index contributed by atoms with van der Waals surface area (Å²) in [7, 11) is 1.55. The molecule has 82 valence electrons. The molecule has 0 aliphatic carbocycles. The summed E-state index contributed by atoms with van der Waals surface area (Å²) in [6, 6.07) is 5.44. The predicted octanol–water partition coefficient (Wildman–Crippen LogP) is 3.40. The summed E-state index contributed by atoms with van der Waals surface area (Å²) in [5.41, 5.74) is 1.45. The summed E-state index contributed by atoms with van der Waals surface area (Å²) in [6.45, 7) is 0. The van der Waals surface area contributed by atoms with E-state index in [2.05, 4.69) is 15.9 Å². The third-order valence-corrected chi connectivity index (χ3v) is 2.75. The number of para-hydroxylation sites is 1. The van der Waals surface area contributed by atoms with Gasteiger partial charge >= 0.3 is 0 Å². The van der Waals surface area contributed by atoms with Crippen LogP contribution in [0.5, 0.6) is 5.75 Å². The lowest BCUT2D eigenvalue weighted by molar-refractivity contribution is 0.0987. The van der Waals surface area contributed by atoms with Crippen molar-refractivity contribution in [2.24, 2.45) is 0 Å². The number of carbonyl (C=O) groups excluding carboxylic acids is 1. The summed E-state index contributed by atoms with van der Waals surface area (Å²) in [5, 5.41) is 0.653. The molecule has 0 saturated carbocycles. The van der Waals surface area contributed by atoms with Crippen LogP contribution in [0.15, 0.2) is 18.2 Å². The van der Waals surface area contributed by atoms with Gasteiger partial charge in [-0.3, -0.25) is 4.79 Å². The van der Waals surface area contributed by atoms with Gasteiger partial charge in [-0.25, -0.2) is 0 Å². The van der Waals surface area contributed by atoms with Crippen molar-refractivity contribution in [1.82, 2.24) is 0 Å².